The number of ketones is 1. The SMILES string of the molecule is C=CC1(C)CC(OC(C)=O)C2(O)C(C)(O1)C(OC(C)=O)C(O)C1C(C)(C)CCC(=O)C12C. The van der Waals surface area contributed by atoms with Crippen LogP contribution in [0.4, 0.5) is 0 Å². The van der Waals surface area contributed by atoms with Gasteiger partial charge < -0.3 is 24.4 Å². The van der Waals surface area contributed by atoms with Crippen LogP contribution >= 0.6 is 0 Å². The number of ether oxygens (including phenoxy) is 3. The van der Waals surface area contributed by atoms with Gasteiger partial charge in [0.1, 0.15) is 23.1 Å². The maximum Gasteiger partial charge on any atom is 0.303 e. The maximum atomic E-state index is 13.6. The number of carbonyl (C=O) groups excluding carboxylic acids is 3. The maximum absolute atomic E-state index is 13.6. The molecule has 2 N–H and O–H groups in total. The number of carbonyl (C=O) groups is 3. The third-order valence-electron chi connectivity index (χ3n) is 8.32. The fraction of sp³-hybridized carbons (Fsp3) is 0.792. The first-order chi connectivity index (χ1) is 14.5. The van der Waals surface area contributed by atoms with Gasteiger partial charge in [-0.05, 0) is 32.6 Å². The van der Waals surface area contributed by atoms with Crippen molar-refractivity contribution in [2.75, 3.05) is 0 Å². The third-order valence-corrected chi connectivity index (χ3v) is 8.32. The minimum Gasteiger partial charge on any atom is -0.459 e. The molecule has 2 saturated carbocycles. The second-order valence-electron chi connectivity index (χ2n) is 10.9. The molecule has 1 heterocycles. The Kier molecular flexibility index (Phi) is 5.72. The quantitative estimate of drug-likeness (QED) is 0.493. The summed E-state index contributed by atoms with van der Waals surface area (Å²) in [6.07, 6.45) is -1.54. The average Bonchev–Trinajstić information content (AvgIpc) is 2.65. The van der Waals surface area contributed by atoms with Crippen LogP contribution < -0.4 is 0 Å². The highest BCUT2D eigenvalue weighted by molar-refractivity contribution is 5.88. The van der Waals surface area contributed by atoms with Crippen LogP contribution in [0.15, 0.2) is 12.7 Å². The van der Waals surface area contributed by atoms with Crippen molar-refractivity contribution in [2.24, 2.45) is 16.7 Å². The summed E-state index contributed by atoms with van der Waals surface area (Å²) in [6.45, 7) is 14.9. The molecule has 0 radical (unpaired) electrons. The topological polar surface area (TPSA) is 119 Å². The average molecular weight is 453 g/mol. The van der Waals surface area contributed by atoms with Crippen molar-refractivity contribution in [1.82, 2.24) is 0 Å². The predicted molar refractivity (Wildman–Crippen MR) is 114 cm³/mol. The largest absolute Gasteiger partial charge is 0.459 e. The number of fused-ring (bicyclic) bond motifs is 3. The van der Waals surface area contributed by atoms with Crippen LogP contribution in [0.1, 0.15) is 67.7 Å². The first-order valence-corrected chi connectivity index (χ1v) is 11.1. The van der Waals surface area contributed by atoms with E-state index in [0.29, 0.717) is 6.42 Å². The second-order valence-corrected chi connectivity index (χ2v) is 10.9. The highest BCUT2D eigenvalue weighted by Gasteiger charge is 2.82. The summed E-state index contributed by atoms with van der Waals surface area (Å²) in [4.78, 5) is 37.8. The zero-order valence-electron chi connectivity index (χ0n) is 20.1. The Morgan fingerprint density at radius 3 is 2.19 bits per heavy atom. The van der Waals surface area contributed by atoms with Gasteiger partial charge in [-0.1, -0.05) is 19.9 Å². The van der Waals surface area contributed by atoms with Gasteiger partial charge in [0.2, 0.25) is 0 Å². The van der Waals surface area contributed by atoms with Crippen molar-refractivity contribution in [1.29, 1.82) is 0 Å². The van der Waals surface area contributed by atoms with Crippen LogP contribution in [0, 0.1) is 16.7 Å². The number of esters is 2. The molecule has 1 aliphatic heterocycles. The Morgan fingerprint density at radius 1 is 1.12 bits per heavy atom. The molecule has 3 fully saturated rings. The van der Waals surface area contributed by atoms with E-state index in [2.05, 4.69) is 6.58 Å². The molecule has 8 unspecified atom stereocenters. The lowest BCUT2D eigenvalue weighted by molar-refractivity contribution is -0.391. The smallest absolute Gasteiger partial charge is 0.303 e. The summed E-state index contributed by atoms with van der Waals surface area (Å²) in [7, 11) is 0. The van der Waals surface area contributed by atoms with Gasteiger partial charge in [0.15, 0.2) is 6.10 Å². The van der Waals surface area contributed by atoms with E-state index in [9.17, 15) is 24.6 Å². The molecule has 0 aromatic carbocycles. The van der Waals surface area contributed by atoms with Crippen molar-refractivity contribution >= 4 is 17.7 Å². The molecule has 0 aromatic rings. The predicted octanol–water partition coefficient (Wildman–Crippen LogP) is 2.09. The van der Waals surface area contributed by atoms with Crippen molar-refractivity contribution in [3.05, 3.63) is 12.7 Å². The van der Waals surface area contributed by atoms with E-state index in [-0.39, 0.29) is 18.6 Å². The lowest BCUT2D eigenvalue weighted by Gasteiger charge is -2.71. The van der Waals surface area contributed by atoms with Crippen molar-refractivity contribution in [2.45, 2.75) is 103 Å². The van der Waals surface area contributed by atoms with E-state index in [1.807, 2.05) is 13.8 Å². The molecule has 0 spiro atoms. The van der Waals surface area contributed by atoms with Crippen LogP contribution in [-0.2, 0) is 28.6 Å². The number of hydrogen-bond acceptors (Lipinski definition) is 8. The van der Waals surface area contributed by atoms with Crippen LogP contribution in [0.3, 0.4) is 0 Å². The monoisotopic (exact) mass is 452 g/mol. The molecular formula is C24H36O8. The lowest BCUT2D eigenvalue weighted by atomic mass is 9.40. The van der Waals surface area contributed by atoms with Gasteiger partial charge in [0.25, 0.3) is 0 Å². The molecule has 3 aliphatic rings. The molecular weight excluding hydrogens is 416 g/mol. The molecule has 8 nitrogen and oxygen atoms in total. The van der Waals surface area contributed by atoms with Crippen molar-refractivity contribution in [3.8, 4) is 0 Å². The molecule has 8 atom stereocenters. The number of aliphatic hydroxyl groups is 2. The first kappa shape index (κ1) is 24.9. The molecule has 1 saturated heterocycles. The fourth-order valence-electron chi connectivity index (χ4n) is 6.94. The zero-order chi connectivity index (χ0) is 24.5. The molecule has 32 heavy (non-hydrogen) atoms. The van der Waals surface area contributed by atoms with E-state index in [1.54, 1.807) is 13.8 Å². The van der Waals surface area contributed by atoms with Gasteiger partial charge in [-0.15, -0.1) is 6.58 Å². The van der Waals surface area contributed by atoms with Gasteiger partial charge in [0, 0.05) is 32.6 Å². The lowest BCUT2D eigenvalue weighted by Crippen LogP contribution is -2.87. The van der Waals surface area contributed by atoms with Gasteiger partial charge in [-0.2, -0.15) is 0 Å². The number of Topliss-reactive ketones (excluding diaryl/α,β-unsaturated/α-hetero) is 1. The summed E-state index contributed by atoms with van der Waals surface area (Å²) in [5.41, 5.74) is -7.09. The Morgan fingerprint density at radius 2 is 1.69 bits per heavy atom. The molecule has 0 aromatic heterocycles. The highest BCUT2D eigenvalue weighted by atomic mass is 16.6. The molecule has 8 heteroatoms. The molecule has 0 bridgehead atoms. The van der Waals surface area contributed by atoms with Crippen LogP contribution in [0.2, 0.25) is 0 Å². The Bertz CT molecular complexity index is 851. The van der Waals surface area contributed by atoms with Crippen LogP contribution in [0.5, 0.6) is 0 Å². The van der Waals surface area contributed by atoms with Gasteiger partial charge in [-0.25, -0.2) is 0 Å². The summed E-state index contributed by atoms with van der Waals surface area (Å²) in [5.74, 6) is -2.33. The highest BCUT2D eigenvalue weighted by Crippen LogP contribution is 2.67. The third kappa shape index (κ3) is 3.10. The Balaban J connectivity index is 2.38. The van der Waals surface area contributed by atoms with Gasteiger partial charge in [-0.3, -0.25) is 14.4 Å². The van der Waals surface area contributed by atoms with Crippen LogP contribution in [0.25, 0.3) is 0 Å². The van der Waals surface area contributed by atoms with Gasteiger partial charge >= 0.3 is 11.9 Å². The van der Waals surface area contributed by atoms with Crippen molar-refractivity contribution in [3.63, 3.8) is 0 Å². The van der Waals surface area contributed by atoms with E-state index >= 15 is 0 Å². The van der Waals surface area contributed by atoms with E-state index < -0.39 is 63.8 Å². The van der Waals surface area contributed by atoms with Crippen molar-refractivity contribution < 1.29 is 38.8 Å². The van der Waals surface area contributed by atoms with E-state index in [1.165, 1.54) is 26.8 Å². The van der Waals surface area contributed by atoms with E-state index in [0.717, 1.165) is 0 Å². The number of hydrogen-bond donors (Lipinski definition) is 2. The molecule has 3 rings (SSSR count). The number of aliphatic hydroxyl groups excluding tert-OH is 1. The fourth-order valence-corrected chi connectivity index (χ4v) is 6.94. The van der Waals surface area contributed by atoms with E-state index in [4.69, 9.17) is 14.2 Å². The Hall–Kier alpha value is -1.77. The standard InChI is InChI=1S/C24H36O8/c1-9-21(6)12-16(30-13(2)25)24(29)22(7)15(27)10-11-20(4,5)18(22)17(28)19(31-14(3)26)23(24,8)32-21/h9,16-19,28-29H,1,10-12H2,2-8H3. The summed E-state index contributed by atoms with van der Waals surface area (Å²) >= 11 is 0. The second kappa shape index (κ2) is 7.37. The van der Waals surface area contributed by atoms with Gasteiger partial charge in [0.05, 0.1) is 17.1 Å². The number of rotatable bonds is 3. The Labute approximate surface area is 189 Å². The molecule has 0 amide bonds. The molecule has 2 aliphatic carbocycles. The first-order valence-electron chi connectivity index (χ1n) is 11.1. The summed E-state index contributed by atoms with van der Waals surface area (Å²) in [6, 6.07) is 0. The molecule has 180 valence electrons. The minimum atomic E-state index is -2.09. The summed E-state index contributed by atoms with van der Waals surface area (Å²) < 4.78 is 17.6. The normalized spacial score (nSPS) is 47.6. The van der Waals surface area contributed by atoms with Crippen LogP contribution in [-0.4, -0.2) is 63.0 Å². The zero-order valence-corrected chi connectivity index (χ0v) is 20.1. The minimum absolute atomic E-state index is 0.0427. The summed E-state index contributed by atoms with van der Waals surface area (Å²) in [5, 5.41) is 24.2.